The van der Waals surface area contributed by atoms with E-state index in [1.165, 1.54) is 0 Å². The van der Waals surface area contributed by atoms with Crippen molar-refractivity contribution in [1.29, 1.82) is 0 Å². The fourth-order valence-corrected chi connectivity index (χ4v) is 1.38. The lowest BCUT2D eigenvalue weighted by molar-refractivity contribution is 0.0998. The van der Waals surface area contributed by atoms with Crippen LogP contribution in [0.5, 0.6) is 5.75 Å². The van der Waals surface area contributed by atoms with Crippen molar-refractivity contribution >= 4 is 5.69 Å². The second-order valence-electron chi connectivity index (χ2n) is 5.01. The number of para-hydroxylation sites is 2. The van der Waals surface area contributed by atoms with Gasteiger partial charge in [-0.3, -0.25) is 0 Å². The summed E-state index contributed by atoms with van der Waals surface area (Å²) in [5, 5.41) is 13.0. The van der Waals surface area contributed by atoms with Crippen LogP contribution in [0.15, 0.2) is 24.3 Å². The van der Waals surface area contributed by atoms with Crippen molar-refractivity contribution in [3.05, 3.63) is 35.7 Å². The van der Waals surface area contributed by atoms with E-state index >= 15 is 0 Å². The van der Waals surface area contributed by atoms with Gasteiger partial charge in [0, 0.05) is 18.6 Å². The Morgan fingerprint density at radius 2 is 2.16 bits per heavy atom. The predicted octanol–water partition coefficient (Wildman–Crippen LogP) is 1.30. The van der Waals surface area contributed by atoms with Crippen LogP contribution in [0.4, 0.5) is 5.69 Å². The van der Waals surface area contributed by atoms with Crippen LogP contribution >= 0.6 is 0 Å². The molecule has 1 aromatic carbocycles. The number of aliphatic hydroxyl groups excluding tert-OH is 1. The van der Waals surface area contributed by atoms with Gasteiger partial charge in [-0.25, -0.2) is 4.85 Å². The zero-order valence-corrected chi connectivity index (χ0v) is 11.4. The van der Waals surface area contributed by atoms with E-state index in [2.05, 4.69) is 10.2 Å². The van der Waals surface area contributed by atoms with Gasteiger partial charge in [0.1, 0.15) is 18.5 Å². The number of hydrogen-bond donors (Lipinski definition) is 3. The molecule has 0 aromatic heterocycles. The highest BCUT2D eigenvalue weighted by atomic mass is 16.5. The van der Waals surface area contributed by atoms with E-state index in [1.54, 1.807) is 24.3 Å². The van der Waals surface area contributed by atoms with Gasteiger partial charge in [-0.1, -0.05) is 18.2 Å². The van der Waals surface area contributed by atoms with Crippen molar-refractivity contribution in [2.24, 2.45) is 5.73 Å². The molecule has 0 radical (unpaired) electrons. The van der Waals surface area contributed by atoms with Crippen molar-refractivity contribution in [2.45, 2.75) is 25.5 Å². The van der Waals surface area contributed by atoms with Crippen LogP contribution in [0.1, 0.15) is 13.8 Å². The third-order valence-electron chi connectivity index (χ3n) is 2.74. The summed E-state index contributed by atoms with van der Waals surface area (Å²) < 4.78 is 5.45. The predicted molar refractivity (Wildman–Crippen MR) is 75.3 cm³/mol. The molecule has 0 bridgehead atoms. The molecule has 1 rings (SSSR count). The Balaban J connectivity index is 2.42. The van der Waals surface area contributed by atoms with Crippen LogP contribution in [0.2, 0.25) is 0 Å². The molecule has 0 aliphatic carbocycles. The van der Waals surface area contributed by atoms with Crippen LogP contribution in [-0.4, -0.2) is 36.4 Å². The summed E-state index contributed by atoms with van der Waals surface area (Å²) in [5.74, 6) is 0.495. The maximum absolute atomic E-state index is 9.83. The van der Waals surface area contributed by atoms with E-state index in [4.69, 9.17) is 17.0 Å². The maximum atomic E-state index is 9.83. The minimum Gasteiger partial charge on any atom is -0.502 e. The van der Waals surface area contributed by atoms with Gasteiger partial charge < -0.3 is 20.9 Å². The van der Waals surface area contributed by atoms with Gasteiger partial charge in [-0.05, 0) is 19.9 Å². The van der Waals surface area contributed by atoms with Gasteiger partial charge in [0.25, 0.3) is 0 Å². The first kappa shape index (κ1) is 15.4. The lowest BCUT2D eigenvalue weighted by atomic mass is 10.1. The molecule has 1 aromatic rings. The van der Waals surface area contributed by atoms with Gasteiger partial charge in [0.05, 0.1) is 6.57 Å². The number of rotatable bonds is 7. The molecule has 104 valence electrons. The summed E-state index contributed by atoms with van der Waals surface area (Å²) in [4.78, 5) is 3.36. The van der Waals surface area contributed by atoms with Gasteiger partial charge >= 0.3 is 0 Å². The van der Waals surface area contributed by atoms with Crippen LogP contribution < -0.4 is 15.8 Å². The van der Waals surface area contributed by atoms with E-state index in [0.29, 0.717) is 24.5 Å². The Morgan fingerprint density at radius 3 is 2.79 bits per heavy atom. The lowest BCUT2D eigenvalue weighted by Crippen LogP contribution is -2.49. The first-order chi connectivity index (χ1) is 8.98. The number of hydrogen-bond acceptors (Lipinski definition) is 4. The van der Waals surface area contributed by atoms with Crippen LogP contribution in [0.25, 0.3) is 4.85 Å². The van der Waals surface area contributed by atoms with Gasteiger partial charge in [-0.2, -0.15) is 0 Å². The first-order valence-electron chi connectivity index (χ1n) is 6.21. The number of aliphatic hydroxyl groups is 1. The van der Waals surface area contributed by atoms with Gasteiger partial charge in [-0.15, -0.1) is 0 Å². The highest BCUT2D eigenvalue weighted by molar-refractivity contribution is 5.56. The quantitative estimate of drug-likeness (QED) is 0.648. The molecule has 19 heavy (non-hydrogen) atoms. The second kappa shape index (κ2) is 7.10. The summed E-state index contributed by atoms with van der Waals surface area (Å²) in [7, 11) is 0. The molecule has 4 N–H and O–H groups in total. The number of ether oxygens (including phenoxy) is 1. The molecule has 0 unspecified atom stereocenters. The molecule has 0 amide bonds. The average Bonchev–Trinajstić information content (AvgIpc) is 2.43. The topological polar surface area (TPSA) is 71.9 Å². The summed E-state index contributed by atoms with van der Waals surface area (Å²) in [5.41, 5.74) is 5.82. The second-order valence-corrected chi connectivity index (χ2v) is 5.01. The fourth-order valence-electron chi connectivity index (χ4n) is 1.38. The third-order valence-corrected chi connectivity index (χ3v) is 2.74. The molecular weight excluding hydrogens is 242 g/mol. The zero-order valence-electron chi connectivity index (χ0n) is 11.4. The smallest absolute Gasteiger partial charge is 0.228 e. The van der Waals surface area contributed by atoms with Gasteiger partial charge in [0.15, 0.2) is 0 Å². The maximum Gasteiger partial charge on any atom is 0.228 e. The number of β-amino-alcohol motifs (C(OH)–C–C–N with tert-alkyl or cyclic N) is 1. The summed E-state index contributed by atoms with van der Waals surface area (Å²) in [6.07, 6.45) is -0.649. The molecule has 0 saturated carbocycles. The van der Waals surface area contributed by atoms with E-state index in [9.17, 15) is 5.11 Å². The highest BCUT2D eigenvalue weighted by Gasteiger charge is 2.16. The Morgan fingerprint density at radius 1 is 1.47 bits per heavy atom. The molecule has 1 atom stereocenters. The Kier molecular flexibility index (Phi) is 5.77. The lowest BCUT2D eigenvalue weighted by Gasteiger charge is -2.26. The van der Waals surface area contributed by atoms with Crippen molar-refractivity contribution in [3.8, 4) is 5.75 Å². The number of nitrogens with zero attached hydrogens (tertiary/aromatic N) is 1. The number of benzene rings is 1. The van der Waals surface area contributed by atoms with E-state index < -0.39 is 6.10 Å². The molecule has 0 aliphatic heterocycles. The van der Waals surface area contributed by atoms with Crippen molar-refractivity contribution < 1.29 is 9.84 Å². The Labute approximate surface area is 114 Å². The van der Waals surface area contributed by atoms with E-state index in [0.717, 1.165) is 0 Å². The molecule has 0 saturated heterocycles. The Bertz CT molecular complexity index is 441. The largest absolute Gasteiger partial charge is 0.502 e. The molecule has 5 heteroatoms. The molecule has 0 fully saturated rings. The summed E-state index contributed by atoms with van der Waals surface area (Å²) >= 11 is 0. The molecule has 5 nitrogen and oxygen atoms in total. The van der Waals surface area contributed by atoms with Crippen LogP contribution in [0.3, 0.4) is 0 Å². The monoisotopic (exact) mass is 263 g/mol. The summed E-state index contributed by atoms with van der Waals surface area (Å²) in [6.45, 7) is 12.0. The van der Waals surface area contributed by atoms with Crippen molar-refractivity contribution in [2.75, 3.05) is 19.7 Å². The van der Waals surface area contributed by atoms with E-state index in [-0.39, 0.29) is 12.1 Å². The highest BCUT2D eigenvalue weighted by Crippen LogP contribution is 2.26. The van der Waals surface area contributed by atoms with Crippen LogP contribution in [0, 0.1) is 6.57 Å². The fraction of sp³-hybridized carbons (Fsp3) is 0.500. The molecule has 0 aliphatic rings. The third kappa shape index (κ3) is 5.26. The zero-order chi connectivity index (χ0) is 14.3. The minimum absolute atomic E-state index is 0.139. The Hall–Kier alpha value is -1.61. The van der Waals surface area contributed by atoms with Crippen molar-refractivity contribution in [1.82, 2.24) is 5.32 Å². The molecular formula is C14H21N3O2. The molecule has 0 heterocycles. The SMILES string of the molecule is [C-]#[N+]c1ccccc1OC[C@@H](O)CNC(C)(C)CN. The standard InChI is InChI=1S/C14H21N3O2/c1-14(2,10-15)17-8-11(18)9-19-13-7-5-4-6-12(13)16-3/h4-7,11,17-18H,8-10,15H2,1-2H3/t11-/m0/s1. The molecule has 0 spiro atoms. The van der Waals surface area contributed by atoms with Crippen molar-refractivity contribution in [3.63, 3.8) is 0 Å². The normalized spacial score (nSPS) is 12.8. The average molecular weight is 263 g/mol. The number of nitrogens with two attached hydrogens (primary N) is 1. The first-order valence-corrected chi connectivity index (χ1v) is 6.21. The summed E-state index contributed by atoms with van der Waals surface area (Å²) in [6, 6.07) is 6.98. The minimum atomic E-state index is -0.649. The van der Waals surface area contributed by atoms with Gasteiger partial charge in [0.2, 0.25) is 5.69 Å². The van der Waals surface area contributed by atoms with Crippen LogP contribution in [-0.2, 0) is 0 Å². The van der Waals surface area contributed by atoms with E-state index in [1.807, 2.05) is 13.8 Å². The number of nitrogens with one attached hydrogen (secondary N) is 1.